The first kappa shape index (κ1) is 15.2. The molecule has 0 aliphatic rings. The summed E-state index contributed by atoms with van der Waals surface area (Å²) in [6.07, 6.45) is 0. The lowest BCUT2D eigenvalue weighted by Gasteiger charge is -2.24. The third kappa shape index (κ3) is 2.81. The number of hydrogen-bond acceptors (Lipinski definition) is 3. The normalized spacial score (nSPS) is 12.6. The number of carbonyl (C=O) groups is 2. The highest BCUT2D eigenvalue weighted by Crippen LogP contribution is 2.49. The van der Waals surface area contributed by atoms with Crippen molar-refractivity contribution in [2.24, 2.45) is 0 Å². The van der Waals surface area contributed by atoms with Gasteiger partial charge in [-0.15, -0.1) is 0 Å². The Bertz CT molecular complexity index is 637. The van der Waals surface area contributed by atoms with Gasteiger partial charge in [0.05, 0.1) is 0 Å². The van der Waals surface area contributed by atoms with Crippen molar-refractivity contribution in [1.82, 2.24) is 0 Å². The quantitative estimate of drug-likeness (QED) is 0.678. The molecule has 0 fully saturated rings. The van der Waals surface area contributed by atoms with Crippen LogP contribution in [0.3, 0.4) is 0 Å². The van der Waals surface area contributed by atoms with Crippen molar-refractivity contribution in [1.29, 1.82) is 0 Å². The van der Waals surface area contributed by atoms with E-state index in [1.165, 1.54) is 0 Å². The van der Waals surface area contributed by atoms with Gasteiger partial charge in [-0.05, 0) is 6.92 Å². The molecule has 0 saturated heterocycles. The molecule has 0 radical (unpaired) electrons. The minimum atomic E-state index is -3.60. The molecule has 0 aliphatic carbocycles. The van der Waals surface area contributed by atoms with Gasteiger partial charge in [0.15, 0.2) is 18.6 Å². The first-order valence-corrected chi connectivity index (χ1v) is 8.19. The fourth-order valence-electron chi connectivity index (χ4n) is 2.33. The summed E-state index contributed by atoms with van der Waals surface area (Å²) < 4.78 is 13.6. The Morgan fingerprint density at radius 1 is 0.905 bits per heavy atom. The van der Waals surface area contributed by atoms with E-state index in [4.69, 9.17) is 0 Å². The molecular formula is C16H15O4P. The minimum absolute atomic E-state index is 0.374. The second-order valence-corrected chi connectivity index (χ2v) is 7.55. The fourth-order valence-corrected chi connectivity index (χ4v) is 5.28. The monoisotopic (exact) mass is 302 g/mol. The molecule has 1 atom stereocenters. The van der Waals surface area contributed by atoms with Crippen LogP contribution < -0.4 is 10.6 Å². The van der Waals surface area contributed by atoms with Gasteiger partial charge in [0, 0.05) is 10.6 Å². The molecule has 0 bridgehead atoms. The smallest absolute Gasteiger partial charge is 0.322 e. The zero-order valence-electron chi connectivity index (χ0n) is 11.5. The van der Waals surface area contributed by atoms with E-state index in [0.29, 0.717) is 10.6 Å². The lowest BCUT2D eigenvalue weighted by molar-refractivity contribution is -0.139. The predicted molar refractivity (Wildman–Crippen MR) is 81.9 cm³/mol. The van der Waals surface area contributed by atoms with Gasteiger partial charge in [-0.1, -0.05) is 60.7 Å². The summed E-state index contributed by atoms with van der Waals surface area (Å²) >= 11 is 0. The van der Waals surface area contributed by atoms with E-state index in [0.717, 1.165) is 6.92 Å². The van der Waals surface area contributed by atoms with Crippen molar-refractivity contribution in [2.75, 3.05) is 0 Å². The maximum absolute atomic E-state index is 13.6. The van der Waals surface area contributed by atoms with Crippen LogP contribution in [0.25, 0.3) is 0 Å². The van der Waals surface area contributed by atoms with Crippen LogP contribution in [0.1, 0.15) is 6.92 Å². The molecule has 21 heavy (non-hydrogen) atoms. The van der Waals surface area contributed by atoms with E-state index >= 15 is 0 Å². The molecule has 0 saturated carbocycles. The van der Waals surface area contributed by atoms with Crippen molar-refractivity contribution in [2.45, 2.75) is 12.6 Å². The molecule has 2 aromatic rings. The van der Waals surface area contributed by atoms with Gasteiger partial charge >= 0.3 is 5.97 Å². The van der Waals surface area contributed by atoms with E-state index in [1.807, 2.05) is 0 Å². The second-order valence-electron chi connectivity index (χ2n) is 4.68. The molecule has 0 amide bonds. The van der Waals surface area contributed by atoms with Crippen molar-refractivity contribution >= 4 is 29.5 Å². The van der Waals surface area contributed by atoms with Crippen molar-refractivity contribution in [3.63, 3.8) is 0 Å². The molecule has 2 aromatic carbocycles. The molecule has 2 rings (SSSR count). The van der Waals surface area contributed by atoms with E-state index in [1.54, 1.807) is 60.7 Å². The first-order valence-electron chi connectivity index (χ1n) is 6.42. The van der Waals surface area contributed by atoms with Gasteiger partial charge in [-0.25, -0.2) is 0 Å². The van der Waals surface area contributed by atoms with Crippen LogP contribution in [0.15, 0.2) is 60.7 Å². The van der Waals surface area contributed by atoms with Crippen molar-refractivity contribution in [3.05, 3.63) is 60.7 Å². The molecule has 108 valence electrons. The zero-order valence-corrected chi connectivity index (χ0v) is 12.4. The third-order valence-corrected chi connectivity index (χ3v) is 6.70. The number of carbonyl (C=O) groups excluding carboxylic acids is 1. The molecular weight excluding hydrogens is 287 g/mol. The lowest BCUT2D eigenvalue weighted by Crippen LogP contribution is -2.36. The maximum atomic E-state index is 13.6. The lowest BCUT2D eigenvalue weighted by atomic mass is 10.3. The summed E-state index contributed by atoms with van der Waals surface area (Å²) in [7, 11) is -3.60. The Kier molecular flexibility index (Phi) is 4.39. The van der Waals surface area contributed by atoms with E-state index in [-0.39, 0.29) is 0 Å². The van der Waals surface area contributed by atoms with Gasteiger partial charge in [-0.2, -0.15) is 0 Å². The highest BCUT2D eigenvalue weighted by Gasteiger charge is 2.44. The molecule has 0 heterocycles. The Labute approximate surface area is 122 Å². The Balaban J connectivity index is 2.74. The summed E-state index contributed by atoms with van der Waals surface area (Å²) in [5, 5.41) is 10.2. The maximum Gasteiger partial charge on any atom is 0.322 e. The largest absolute Gasteiger partial charge is 0.480 e. The predicted octanol–water partition coefficient (Wildman–Crippen LogP) is 2.04. The fraction of sp³-hybridized carbons (Fsp3) is 0.125. The summed E-state index contributed by atoms with van der Waals surface area (Å²) in [5.74, 6) is -1.97. The zero-order chi connectivity index (χ0) is 15.5. The van der Waals surface area contributed by atoms with Gasteiger partial charge in [0.1, 0.15) is 0 Å². The summed E-state index contributed by atoms with van der Waals surface area (Å²) in [5.41, 5.74) is -1.57. The Morgan fingerprint density at radius 2 is 1.29 bits per heavy atom. The highest BCUT2D eigenvalue weighted by atomic mass is 31.2. The number of benzene rings is 2. The molecule has 1 unspecified atom stereocenters. The molecule has 0 aliphatic heterocycles. The van der Waals surface area contributed by atoms with E-state index < -0.39 is 24.6 Å². The Morgan fingerprint density at radius 3 is 1.57 bits per heavy atom. The summed E-state index contributed by atoms with van der Waals surface area (Å²) in [6, 6.07) is 16.7. The second kappa shape index (κ2) is 6.06. The first-order chi connectivity index (χ1) is 9.98. The van der Waals surface area contributed by atoms with Gasteiger partial charge in [0.25, 0.3) is 0 Å². The average molecular weight is 302 g/mol. The number of carboxylic acids is 1. The minimum Gasteiger partial charge on any atom is -0.480 e. The molecule has 1 N–H and O–H groups in total. The van der Waals surface area contributed by atoms with Gasteiger partial charge < -0.3 is 9.67 Å². The SMILES string of the molecule is CC(=O)C(C(=O)O)P(=O)(c1ccccc1)c1ccccc1. The summed E-state index contributed by atoms with van der Waals surface area (Å²) in [6.45, 7) is 1.16. The number of ketones is 1. The average Bonchev–Trinajstić information content (AvgIpc) is 2.48. The summed E-state index contributed by atoms with van der Waals surface area (Å²) in [4.78, 5) is 23.4. The number of aliphatic carboxylic acids is 1. The molecule has 4 nitrogen and oxygen atoms in total. The van der Waals surface area contributed by atoms with Crippen LogP contribution in [0.4, 0.5) is 0 Å². The number of rotatable bonds is 5. The number of hydrogen-bond donors (Lipinski definition) is 1. The van der Waals surface area contributed by atoms with Gasteiger partial charge in [-0.3, -0.25) is 9.59 Å². The molecule has 0 spiro atoms. The number of carboxylic acid groups (broad SMARTS) is 1. The van der Waals surface area contributed by atoms with Gasteiger partial charge in [0.2, 0.25) is 0 Å². The molecule has 0 aromatic heterocycles. The third-order valence-electron chi connectivity index (χ3n) is 3.26. The van der Waals surface area contributed by atoms with Crippen LogP contribution in [-0.4, -0.2) is 22.5 Å². The molecule has 5 heteroatoms. The van der Waals surface area contributed by atoms with E-state index in [2.05, 4.69) is 0 Å². The van der Waals surface area contributed by atoms with Crippen LogP contribution in [0.5, 0.6) is 0 Å². The van der Waals surface area contributed by atoms with Crippen LogP contribution in [0.2, 0.25) is 0 Å². The standard InChI is InChI=1S/C16H15O4P/c1-12(17)15(16(18)19)21(20,13-8-4-2-5-9-13)14-10-6-3-7-11-14/h2-11,15H,1H3,(H,18,19). The Hall–Kier alpha value is -2.19. The van der Waals surface area contributed by atoms with Crippen molar-refractivity contribution in [3.8, 4) is 0 Å². The van der Waals surface area contributed by atoms with Crippen molar-refractivity contribution < 1.29 is 19.3 Å². The highest BCUT2D eigenvalue weighted by molar-refractivity contribution is 7.80. The van der Waals surface area contributed by atoms with E-state index in [9.17, 15) is 19.3 Å². The number of Topliss-reactive ketones (excluding diaryl/α,β-unsaturated/α-hetero) is 1. The van der Waals surface area contributed by atoms with Crippen LogP contribution in [0, 0.1) is 0 Å². The van der Waals surface area contributed by atoms with Crippen LogP contribution >= 0.6 is 7.14 Å². The topological polar surface area (TPSA) is 71.4 Å². The van der Waals surface area contributed by atoms with Crippen LogP contribution in [-0.2, 0) is 14.2 Å².